The van der Waals surface area contributed by atoms with Crippen molar-refractivity contribution in [2.24, 2.45) is 0 Å². The topological polar surface area (TPSA) is 221 Å². The Bertz CT molecular complexity index is 242. The zero-order valence-electron chi connectivity index (χ0n) is 15.6. The summed E-state index contributed by atoms with van der Waals surface area (Å²) in [5, 5.41) is 0. The standard InChI is InChI=1S/8Ca.8ClH.O12Si4/c;;;;;;;;;;;;;;;;1-13(2)9-14(3,4)11-16(7,8)12-15(5,6)10-13/h;;;;;;;;8*1H;/q8*+2;;;;;;;;;-8/p-8. The average Bonchev–Trinajstić information content (AvgIpc) is 1.67. The second-order valence-electron chi connectivity index (χ2n) is 2.41. The van der Waals surface area contributed by atoms with Gasteiger partial charge in [0, 0.05) is 0 Å². The molecule has 1 rings (SSSR count). The molecule has 32 heavy (non-hydrogen) atoms. The Kier molecular flexibility index (Phi) is 156. The van der Waals surface area contributed by atoms with Crippen molar-refractivity contribution >= 4 is 338 Å². The molecule has 32 heteroatoms. The molecule has 0 unspecified atom stereocenters. The first-order chi connectivity index (χ1) is 6.83. The first kappa shape index (κ1) is 104. The molecule has 1 aliphatic rings. The SMILES string of the molecule is [Ca+2].[Ca+2].[Ca+2].[Ca+2].[Ca+2].[Ca+2].[Ca+2].[Ca+2].[Cl-].[Cl-].[Cl-].[Cl-].[Cl-].[Cl-].[Cl-].[Cl-].[O-][Si]1([O-])O[Si]([O-])([O-])O[Si]([O-])([O-])O[Si]([O-])([O-])O1. The second-order valence-corrected chi connectivity index (χ2v) is 9.67. The second kappa shape index (κ2) is 48.2. The Balaban J connectivity index is -0.0000000114. The molecule has 0 aromatic heterocycles. The third-order valence-electron chi connectivity index (χ3n) is 1.000. The Hall–Kier alpha value is 12.8. The Morgan fingerprint density at radius 3 is 0.375 bits per heavy atom. The van der Waals surface area contributed by atoms with Crippen molar-refractivity contribution < 1.29 is 154 Å². The van der Waals surface area contributed by atoms with Crippen LogP contribution in [0.15, 0.2) is 0 Å². The molecule has 0 aromatic rings. The summed E-state index contributed by atoms with van der Waals surface area (Å²) < 4.78 is 12.6. The minimum atomic E-state index is -6.14. The molecule has 0 saturated carbocycles. The quantitative estimate of drug-likeness (QED) is 0.207. The van der Waals surface area contributed by atoms with E-state index in [1.165, 1.54) is 0 Å². The van der Waals surface area contributed by atoms with Gasteiger partial charge in [-0.3, -0.25) is 0 Å². The molecule has 0 amide bonds. The van der Waals surface area contributed by atoms with Gasteiger partial charge in [-0.25, -0.2) is 0 Å². The molecule has 0 spiro atoms. The summed E-state index contributed by atoms with van der Waals surface area (Å²) in [6.07, 6.45) is 0. The van der Waals surface area contributed by atoms with Gasteiger partial charge >= 0.3 is 302 Å². The van der Waals surface area contributed by atoms with E-state index in [1.54, 1.807) is 0 Å². The van der Waals surface area contributed by atoms with Gasteiger partial charge in [-0.2, -0.15) is 0 Å². The maximum absolute atomic E-state index is 10.6. The van der Waals surface area contributed by atoms with Gasteiger partial charge in [-0.1, -0.05) is 0 Å². The van der Waals surface area contributed by atoms with E-state index in [0.717, 1.165) is 0 Å². The fraction of sp³-hybridized carbons (Fsp3) is 0. The van der Waals surface area contributed by atoms with Gasteiger partial charge in [-0.15, -0.1) is 0 Å². The maximum atomic E-state index is 10.6. The van der Waals surface area contributed by atoms with Crippen LogP contribution < -0.4 is 138 Å². The normalized spacial score (nSPS) is 15.8. The molecule has 0 aromatic carbocycles. The molecule has 0 aliphatic carbocycles. The molecule has 0 bridgehead atoms. The summed E-state index contributed by atoms with van der Waals surface area (Å²) in [7, 11) is -24.6. The van der Waals surface area contributed by atoms with Crippen LogP contribution >= 0.6 is 0 Å². The molecule has 1 aliphatic heterocycles. The van der Waals surface area contributed by atoms with Crippen molar-refractivity contribution in [3.05, 3.63) is 0 Å². The number of hydrogen-bond acceptors (Lipinski definition) is 12. The summed E-state index contributed by atoms with van der Waals surface area (Å²) in [6.45, 7) is 0. The molecule has 1 saturated heterocycles. The van der Waals surface area contributed by atoms with Gasteiger partial charge in [0.25, 0.3) is 0 Å². The van der Waals surface area contributed by atoms with Crippen LogP contribution in [0, 0.1) is 0 Å². The summed E-state index contributed by atoms with van der Waals surface area (Å²) in [5.41, 5.74) is 0. The number of hydrogen-bond donors (Lipinski definition) is 0. The zero-order chi connectivity index (χ0) is 12.8. The van der Waals surface area contributed by atoms with Gasteiger partial charge in [0.05, 0.1) is 0 Å². The van der Waals surface area contributed by atoms with Crippen molar-refractivity contribution in [1.29, 1.82) is 0 Å². The Morgan fingerprint density at radius 1 is 0.250 bits per heavy atom. The van der Waals surface area contributed by atoms with Gasteiger partial charge in [0.15, 0.2) is 0 Å². The van der Waals surface area contributed by atoms with Crippen LogP contribution in [0.5, 0.6) is 0 Å². The Labute approximate surface area is 478 Å². The van der Waals surface area contributed by atoms with E-state index in [-0.39, 0.29) is 401 Å². The fourth-order valence-electron chi connectivity index (χ4n) is 0.696. The van der Waals surface area contributed by atoms with E-state index in [4.69, 9.17) is 0 Å². The van der Waals surface area contributed by atoms with Crippen LogP contribution in [0.3, 0.4) is 0 Å². The summed E-state index contributed by atoms with van der Waals surface area (Å²) >= 11 is 0. The number of rotatable bonds is 0. The van der Waals surface area contributed by atoms with Crippen LogP contribution in [-0.2, 0) is 16.5 Å². The first-order valence-electron chi connectivity index (χ1n) is 3.27. The summed E-state index contributed by atoms with van der Waals surface area (Å²) in [4.78, 5) is 84.8. The molecule has 160 valence electrons. The van der Waals surface area contributed by atoms with E-state index in [2.05, 4.69) is 16.5 Å². The molecule has 0 N–H and O–H groups in total. The van der Waals surface area contributed by atoms with E-state index in [9.17, 15) is 38.4 Å². The van der Waals surface area contributed by atoms with Crippen molar-refractivity contribution in [2.75, 3.05) is 0 Å². The van der Waals surface area contributed by atoms with Crippen LogP contribution in [0.4, 0.5) is 0 Å². The fourth-order valence-corrected chi connectivity index (χ4v) is 7.76. The first-order valence-corrected chi connectivity index (χ1v) is 9.80. The van der Waals surface area contributed by atoms with E-state index < -0.39 is 36.2 Å². The molecule has 0 radical (unpaired) electrons. The van der Waals surface area contributed by atoms with Crippen LogP contribution in [0.25, 0.3) is 0 Å². The van der Waals surface area contributed by atoms with Gasteiger partial charge < -0.3 is 154 Å². The Morgan fingerprint density at radius 2 is 0.312 bits per heavy atom. The van der Waals surface area contributed by atoms with Crippen LogP contribution in [0.2, 0.25) is 0 Å². The zero-order valence-corrected chi connectivity index (χ0v) is 43.3. The smallest absolute Gasteiger partial charge is 1.00 e. The van der Waals surface area contributed by atoms with Gasteiger partial charge in [-0.05, 0) is 0 Å². The van der Waals surface area contributed by atoms with E-state index >= 15 is 0 Å². The summed E-state index contributed by atoms with van der Waals surface area (Å²) in [6, 6.07) is 0. The monoisotopic (exact) mass is 903 g/mol. The molecular weight excluding hydrogens is 909 g/mol. The predicted octanol–water partition coefficient (Wildman–Crippen LogP) is -38.3. The van der Waals surface area contributed by atoms with E-state index in [0.29, 0.717) is 0 Å². The van der Waals surface area contributed by atoms with Gasteiger partial charge in [0.1, 0.15) is 36.2 Å². The predicted molar refractivity (Wildman–Crippen MR) is 73.4 cm³/mol. The molecule has 0 atom stereocenters. The van der Waals surface area contributed by atoms with Crippen molar-refractivity contribution in [3.63, 3.8) is 0 Å². The van der Waals surface area contributed by atoms with Crippen LogP contribution in [-0.4, -0.2) is 338 Å². The summed E-state index contributed by atoms with van der Waals surface area (Å²) in [5.74, 6) is 0. The third-order valence-corrected chi connectivity index (χ3v) is 9.00. The molecule has 12 nitrogen and oxygen atoms in total. The van der Waals surface area contributed by atoms with E-state index in [1.807, 2.05) is 0 Å². The molecule has 1 heterocycles. The molecular formula is Ca8Cl8O12Si4. The minimum absolute atomic E-state index is 0. The molecule has 1 fully saturated rings. The van der Waals surface area contributed by atoms with Crippen molar-refractivity contribution in [1.82, 2.24) is 0 Å². The van der Waals surface area contributed by atoms with Crippen molar-refractivity contribution in [2.45, 2.75) is 0 Å². The largest absolute Gasteiger partial charge is 2.00 e. The minimum Gasteiger partial charge on any atom is -1.00 e. The van der Waals surface area contributed by atoms with Gasteiger partial charge in [0.2, 0.25) is 0 Å². The maximum Gasteiger partial charge on any atom is 2.00 e. The average molecular weight is 909 g/mol. The third kappa shape index (κ3) is 55.2. The van der Waals surface area contributed by atoms with Crippen LogP contribution in [0.1, 0.15) is 0 Å². The number of halogens is 8. The van der Waals surface area contributed by atoms with Crippen molar-refractivity contribution in [3.8, 4) is 0 Å².